The molecule has 0 aliphatic carbocycles. The van der Waals surface area contributed by atoms with E-state index in [1.807, 2.05) is 0 Å². The van der Waals surface area contributed by atoms with Gasteiger partial charge in [-0.1, -0.05) is 194 Å². The van der Waals surface area contributed by atoms with Gasteiger partial charge in [-0.25, -0.2) is 0 Å². The van der Waals surface area contributed by atoms with Crippen molar-refractivity contribution in [1.82, 2.24) is 5.32 Å². The molecule has 0 aromatic carbocycles. The zero-order valence-corrected chi connectivity index (χ0v) is 40.0. The topological polar surface area (TPSA) is 149 Å². The maximum Gasteiger partial charge on any atom is 0.220 e. The predicted molar refractivity (Wildman–Crippen MR) is 267 cm³/mol. The molecule has 7 atom stereocenters. The Hall–Kier alpha value is -3.15. The molecule has 1 heterocycles. The van der Waals surface area contributed by atoms with E-state index in [0.29, 0.717) is 12.8 Å². The van der Waals surface area contributed by atoms with Gasteiger partial charge < -0.3 is 40.3 Å². The zero-order chi connectivity index (χ0) is 46.6. The van der Waals surface area contributed by atoms with Gasteiger partial charge in [-0.3, -0.25) is 4.79 Å². The van der Waals surface area contributed by atoms with E-state index in [0.717, 1.165) is 103 Å². The minimum Gasteiger partial charge on any atom is -0.394 e. The van der Waals surface area contributed by atoms with E-state index < -0.39 is 49.5 Å². The summed E-state index contributed by atoms with van der Waals surface area (Å²) in [5, 5.41) is 54.3. The standard InChI is InChI=1S/C55H91NO8/c1-3-5-7-9-11-13-15-16-17-18-19-20-21-22-23-24-25-26-27-28-29-30-31-32-33-34-35-37-39-41-43-45-51(59)56-48(47-63-55-54(62)53(61)52(60)50(46-57)64-55)49(58)44-42-40-38-36-14-12-10-8-6-4-2/h5,7,11,13,16-17,19-20,22-23,25-26,28-29,31-32,34-35,48-50,52-55,57-58,60-62H,3-4,6,8-10,12,14-15,18,21,24,27,30,33,36-47H2,1-2H3,(H,56,59)/b7-5-,13-11-,17-16-,20-19-,23-22-,26-25-,29-28-,32-31-,35-34-. The van der Waals surface area contributed by atoms with Crippen molar-refractivity contribution in [1.29, 1.82) is 0 Å². The average molecular weight is 894 g/mol. The molecule has 64 heavy (non-hydrogen) atoms. The van der Waals surface area contributed by atoms with Crippen LogP contribution in [-0.2, 0) is 14.3 Å². The number of aliphatic hydroxyl groups excluding tert-OH is 5. The van der Waals surface area contributed by atoms with Gasteiger partial charge in [0.15, 0.2) is 6.29 Å². The second-order valence-corrected chi connectivity index (χ2v) is 16.9. The van der Waals surface area contributed by atoms with Crippen LogP contribution >= 0.6 is 0 Å². The van der Waals surface area contributed by atoms with E-state index in [-0.39, 0.29) is 12.5 Å². The summed E-state index contributed by atoms with van der Waals surface area (Å²) >= 11 is 0. The molecule has 1 amide bonds. The molecular weight excluding hydrogens is 803 g/mol. The summed E-state index contributed by atoms with van der Waals surface area (Å²) < 4.78 is 11.2. The first-order valence-electron chi connectivity index (χ1n) is 25.1. The molecule has 1 aliphatic heterocycles. The molecule has 0 bridgehead atoms. The molecule has 1 fully saturated rings. The van der Waals surface area contributed by atoms with Crippen molar-refractivity contribution in [3.05, 3.63) is 109 Å². The van der Waals surface area contributed by atoms with Crippen LogP contribution in [-0.4, -0.2) is 87.5 Å². The molecular formula is C55H91NO8. The fourth-order valence-electron chi connectivity index (χ4n) is 7.15. The summed E-state index contributed by atoms with van der Waals surface area (Å²) in [5.41, 5.74) is 0. The van der Waals surface area contributed by atoms with E-state index in [2.05, 4.69) is 129 Å². The van der Waals surface area contributed by atoms with Gasteiger partial charge in [0.05, 0.1) is 25.4 Å². The molecule has 364 valence electrons. The van der Waals surface area contributed by atoms with Crippen LogP contribution in [0.1, 0.15) is 174 Å². The number of aliphatic hydroxyl groups is 5. The molecule has 0 aromatic rings. The third-order valence-electron chi connectivity index (χ3n) is 11.1. The van der Waals surface area contributed by atoms with Gasteiger partial charge in [-0.15, -0.1) is 0 Å². The van der Waals surface area contributed by atoms with Gasteiger partial charge in [-0.05, 0) is 83.5 Å². The maximum absolute atomic E-state index is 13.0. The predicted octanol–water partition coefficient (Wildman–Crippen LogP) is 11.4. The van der Waals surface area contributed by atoms with Crippen LogP contribution in [0.4, 0.5) is 0 Å². The number of unbranched alkanes of at least 4 members (excludes halogenated alkanes) is 12. The molecule has 9 heteroatoms. The zero-order valence-electron chi connectivity index (χ0n) is 40.0. The Balaban J connectivity index is 2.25. The minimum atomic E-state index is -1.56. The molecule has 0 saturated carbocycles. The summed E-state index contributed by atoms with van der Waals surface area (Å²) in [6.07, 6.45) is 56.8. The Morgan fingerprint density at radius 2 is 0.969 bits per heavy atom. The second kappa shape index (κ2) is 43.7. The van der Waals surface area contributed by atoms with E-state index in [9.17, 15) is 30.3 Å². The number of carbonyl (C=O) groups excluding carboxylic acids is 1. The third-order valence-corrected chi connectivity index (χ3v) is 11.1. The lowest BCUT2D eigenvalue weighted by Gasteiger charge is -2.40. The van der Waals surface area contributed by atoms with Crippen molar-refractivity contribution in [3.63, 3.8) is 0 Å². The lowest BCUT2D eigenvalue weighted by Crippen LogP contribution is -2.60. The number of carbonyl (C=O) groups is 1. The minimum absolute atomic E-state index is 0.160. The quantitative estimate of drug-likeness (QED) is 0.0263. The van der Waals surface area contributed by atoms with Gasteiger partial charge in [0.2, 0.25) is 5.91 Å². The maximum atomic E-state index is 13.0. The molecule has 1 aliphatic rings. The molecule has 9 nitrogen and oxygen atoms in total. The van der Waals surface area contributed by atoms with Crippen LogP contribution < -0.4 is 5.32 Å². The van der Waals surface area contributed by atoms with Gasteiger partial charge in [0, 0.05) is 6.42 Å². The van der Waals surface area contributed by atoms with Crippen LogP contribution in [0.2, 0.25) is 0 Å². The number of rotatable bonds is 40. The van der Waals surface area contributed by atoms with E-state index >= 15 is 0 Å². The number of allylic oxidation sites excluding steroid dienone is 18. The van der Waals surface area contributed by atoms with Crippen LogP contribution in [0, 0.1) is 0 Å². The van der Waals surface area contributed by atoms with Crippen molar-refractivity contribution in [2.24, 2.45) is 0 Å². The normalized spacial score (nSPS) is 21.0. The van der Waals surface area contributed by atoms with Gasteiger partial charge in [-0.2, -0.15) is 0 Å². The number of hydrogen-bond acceptors (Lipinski definition) is 8. The van der Waals surface area contributed by atoms with E-state index in [1.54, 1.807) is 0 Å². The number of hydrogen-bond donors (Lipinski definition) is 6. The van der Waals surface area contributed by atoms with Crippen LogP contribution in [0.25, 0.3) is 0 Å². The fraction of sp³-hybridized carbons (Fsp3) is 0.655. The summed E-state index contributed by atoms with van der Waals surface area (Å²) in [6.45, 7) is 3.66. The van der Waals surface area contributed by atoms with Gasteiger partial charge >= 0.3 is 0 Å². The molecule has 1 rings (SSSR count). The van der Waals surface area contributed by atoms with Crippen LogP contribution in [0.5, 0.6) is 0 Å². The van der Waals surface area contributed by atoms with Crippen LogP contribution in [0.15, 0.2) is 109 Å². The van der Waals surface area contributed by atoms with Gasteiger partial charge in [0.1, 0.15) is 24.4 Å². The Kier molecular flexibility index (Phi) is 40.2. The van der Waals surface area contributed by atoms with Crippen molar-refractivity contribution < 1.29 is 39.8 Å². The highest BCUT2D eigenvalue weighted by Crippen LogP contribution is 2.23. The monoisotopic (exact) mass is 894 g/mol. The van der Waals surface area contributed by atoms with Crippen molar-refractivity contribution in [3.8, 4) is 0 Å². The second-order valence-electron chi connectivity index (χ2n) is 16.9. The number of amides is 1. The van der Waals surface area contributed by atoms with Crippen molar-refractivity contribution in [2.75, 3.05) is 13.2 Å². The third kappa shape index (κ3) is 33.3. The molecule has 0 spiro atoms. The van der Waals surface area contributed by atoms with E-state index in [4.69, 9.17) is 9.47 Å². The Morgan fingerprint density at radius 3 is 1.42 bits per heavy atom. The first kappa shape index (κ1) is 58.9. The lowest BCUT2D eigenvalue weighted by atomic mass is 9.99. The van der Waals surface area contributed by atoms with Gasteiger partial charge in [0.25, 0.3) is 0 Å². The van der Waals surface area contributed by atoms with Crippen LogP contribution in [0.3, 0.4) is 0 Å². The van der Waals surface area contributed by atoms with Crippen molar-refractivity contribution >= 4 is 5.91 Å². The average Bonchev–Trinajstić information content (AvgIpc) is 3.29. The highest BCUT2D eigenvalue weighted by Gasteiger charge is 2.44. The lowest BCUT2D eigenvalue weighted by molar-refractivity contribution is -0.302. The number of nitrogens with one attached hydrogen (secondary N) is 1. The first-order valence-corrected chi connectivity index (χ1v) is 25.1. The summed E-state index contributed by atoms with van der Waals surface area (Å²) in [5.74, 6) is -0.184. The summed E-state index contributed by atoms with van der Waals surface area (Å²) in [4.78, 5) is 13.0. The largest absolute Gasteiger partial charge is 0.394 e. The Bertz CT molecular complexity index is 1360. The Morgan fingerprint density at radius 1 is 0.547 bits per heavy atom. The fourth-order valence-corrected chi connectivity index (χ4v) is 7.15. The molecule has 6 N–H and O–H groups in total. The summed E-state index contributed by atoms with van der Waals surface area (Å²) in [6, 6.07) is -0.743. The molecule has 1 saturated heterocycles. The van der Waals surface area contributed by atoms with E-state index in [1.165, 1.54) is 44.9 Å². The first-order chi connectivity index (χ1) is 31.3. The Labute approximate surface area is 389 Å². The molecule has 0 radical (unpaired) electrons. The van der Waals surface area contributed by atoms with Crippen molar-refractivity contribution in [2.45, 2.75) is 217 Å². The highest BCUT2D eigenvalue weighted by atomic mass is 16.7. The SMILES string of the molecule is CC/C=C\C/C=C\C/C=C\C/C=C\C/C=C\C/C=C\C/C=C\C/C=C\C/C=C\CCCCCC(=O)NC(COC1OC(CO)C(O)C(O)C1O)C(O)CCCCCCCCCCCC. The molecule has 0 aromatic heterocycles. The highest BCUT2D eigenvalue weighted by molar-refractivity contribution is 5.76. The summed E-state index contributed by atoms with van der Waals surface area (Å²) in [7, 11) is 0. The molecule has 7 unspecified atom stereocenters. The smallest absolute Gasteiger partial charge is 0.220 e. The number of ether oxygens (including phenoxy) is 2.